The Bertz CT molecular complexity index is 911. The summed E-state index contributed by atoms with van der Waals surface area (Å²) in [5, 5.41) is 6.67. The first-order chi connectivity index (χ1) is 12.0. The molecule has 0 saturated heterocycles. The van der Waals surface area contributed by atoms with Gasteiger partial charge in [0, 0.05) is 5.69 Å². The number of nitrogens with zero attached hydrogens (tertiary/aromatic N) is 2. The van der Waals surface area contributed by atoms with Gasteiger partial charge in [-0.2, -0.15) is 5.10 Å². The fourth-order valence-electron chi connectivity index (χ4n) is 3.28. The molecule has 3 rings (SSSR count). The summed E-state index contributed by atoms with van der Waals surface area (Å²) in [7, 11) is 0. The molecular weight excluding hydrogens is 312 g/mol. The average molecular weight is 336 g/mol. The second-order valence-corrected chi connectivity index (χ2v) is 6.50. The smallest absolute Gasteiger partial charge is 0.284 e. The summed E-state index contributed by atoms with van der Waals surface area (Å²) in [6, 6.07) is 13.9. The van der Waals surface area contributed by atoms with Crippen LogP contribution >= 0.6 is 0 Å². The summed E-state index contributed by atoms with van der Waals surface area (Å²) in [6.07, 6.45) is 1.02. The summed E-state index contributed by atoms with van der Waals surface area (Å²) >= 11 is 0. The molecule has 25 heavy (non-hydrogen) atoms. The minimum atomic E-state index is -0.150. The van der Waals surface area contributed by atoms with E-state index in [0.717, 1.165) is 28.6 Å². The average Bonchev–Trinajstić information content (AvgIpc) is 2.93. The van der Waals surface area contributed by atoms with Crippen LogP contribution < -0.4 is 4.74 Å². The predicted octanol–water partition coefficient (Wildman–Crippen LogP) is 4.89. The SMILES string of the molecule is CCC(C)c1c(C)nn(C(=O)COc2ccc3ccccc3c2)c1C. The van der Waals surface area contributed by atoms with Crippen LogP contribution in [-0.4, -0.2) is 22.3 Å². The number of rotatable bonds is 5. The normalized spacial score (nSPS) is 12.3. The number of benzene rings is 2. The van der Waals surface area contributed by atoms with E-state index < -0.39 is 0 Å². The van der Waals surface area contributed by atoms with Crippen molar-refractivity contribution < 1.29 is 9.53 Å². The van der Waals surface area contributed by atoms with E-state index in [0.29, 0.717) is 11.7 Å². The number of ether oxygens (including phenoxy) is 1. The van der Waals surface area contributed by atoms with E-state index in [2.05, 4.69) is 25.0 Å². The third kappa shape index (κ3) is 3.43. The lowest BCUT2D eigenvalue weighted by atomic mass is 9.97. The quantitative estimate of drug-likeness (QED) is 0.666. The van der Waals surface area contributed by atoms with E-state index in [1.165, 1.54) is 10.2 Å². The van der Waals surface area contributed by atoms with Crippen molar-refractivity contribution in [1.29, 1.82) is 0 Å². The third-order valence-electron chi connectivity index (χ3n) is 4.77. The van der Waals surface area contributed by atoms with Gasteiger partial charge in [-0.15, -0.1) is 0 Å². The Labute approximate surface area is 148 Å². The van der Waals surface area contributed by atoms with Gasteiger partial charge in [0.25, 0.3) is 5.91 Å². The highest BCUT2D eigenvalue weighted by atomic mass is 16.5. The maximum Gasteiger partial charge on any atom is 0.284 e. The van der Waals surface area contributed by atoms with E-state index in [1.807, 2.05) is 50.2 Å². The van der Waals surface area contributed by atoms with Crippen LogP contribution in [0.5, 0.6) is 5.75 Å². The Morgan fingerprint density at radius 2 is 1.88 bits per heavy atom. The van der Waals surface area contributed by atoms with Crippen LogP contribution in [0.25, 0.3) is 10.8 Å². The molecule has 4 heteroatoms. The van der Waals surface area contributed by atoms with Crippen molar-refractivity contribution >= 4 is 16.7 Å². The molecule has 0 N–H and O–H groups in total. The highest BCUT2D eigenvalue weighted by Gasteiger charge is 2.20. The Morgan fingerprint density at radius 3 is 2.60 bits per heavy atom. The topological polar surface area (TPSA) is 44.1 Å². The number of hydrogen-bond donors (Lipinski definition) is 0. The lowest BCUT2D eigenvalue weighted by Gasteiger charge is -2.10. The Morgan fingerprint density at radius 1 is 1.16 bits per heavy atom. The Hall–Kier alpha value is -2.62. The second kappa shape index (κ2) is 7.09. The third-order valence-corrected chi connectivity index (χ3v) is 4.77. The van der Waals surface area contributed by atoms with Crippen molar-refractivity contribution in [2.75, 3.05) is 6.61 Å². The van der Waals surface area contributed by atoms with Crippen LogP contribution in [0.1, 0.15) is 47.9 Å². The molecule has 0 saturated carbocycles. The zero-order valence-corrected chi connectivity index (χ0v) is 15.2. The first-order valence-corrected chi connectivity index (χ1v) is 8.72. The minimum absolute atomic E-state index is 0.0275. The van der Waals surface area contributed by atoms with Crippen LogP contribution in [0, 0.1) is 13.8 Å². The van der Waals surface area contributed by atoms with Crippen LogP contribution in [0.3, 0.4) is 0 Å². The zero-order chi connectivity index (χ0) is 18.0. The molecule has 3 aromatic rings. The number of aromatic nitrogens is 2. The first-order valence-electron chi connectivity index (χ1n) is 8.72. The lowest BCUT2D eigenvalue weighted by molar-refractivity contribution is 0.0818. The second-order valence-electron chi connectivity index (χ2n) is 6.50. The van der Waals surface area contributed by atoms with Crippen LogP contribution in [0.4, 0.5) is 0 Å². The standard InChI is InChI=1S/C21H24N2O2/c1-5-14(2)21-15(3)22-23(16(21)4)20(24)13-25-19-11-10-17-8-6-7-9-18(17)12-19/h6-12,14H,5,13H2,1-4H3. The van der Waals surface area contributed by atoms with Crippen molar-refractivity contribution in [3.8, 4) is 5.75 Å². The monoisotopic (exact) mass is 336 g/mol. The molecule has 130 valence electrons. The lowest BCUT2D eigenvalue weighted by Crippen LogP contribution is -2.21. The highest BCUT2D eigenvalue weighted by molar-refractivity contribution is 5.84. The van der Waals surface area contributed by atoms with Crippen LogP contribution in [0.15, 0.2) is 42.5 Å². The fourth-order valence-corrected chi connectivity index (χ4v) is 3.28. The molecule has 0 aliphatic carbocycles. The minimum Gasteiger partial charge on any atom is -0.484 e. The summed E-state index contributed by atoms with van der Waals surface area (Å²) in [6.45, 7) is 8.20. The largest absolute Gasteiger partial charge is 0.484 e. The van der Waals surface area contributed by atoms with Crippen molar-refractivity contribution in [2.45, 2.75) is 40.0 Å². The van der Waals surface area contributed by atoms with Gasteiger partial charge in [0.15, 0.2) is 6.61 Å². The van der Waals surface area contributed by atoms with Gasteiger partial charge in [-0.05, 0) is 54.7 Å². The molecule has 1 atom stereocenters. The number of aryl methyl sites for hydroxylation is 1. The highest BCUT2D eigenvalue weighted by Crippen LogP contribution is 2.26. The van der Waals surface area contributed by atoms with Crippen molar-refractivity contribution in [3.63, 3.8) is 0 Å². The van der Waals surface area contributed by atoms with Crippen molar-refractivity contribution in [3.05, 3.63) is 59.4 Å². The summed E-state index contributed by atoms with van der Waals surface area (Å²) < 4.78 is 7.19. The maximum absolute atomic E-state index is 12.6. The predicted molar refractivity (Wildman–Crippen MR) is 100 cm³/mol. The number of fused-ring (bicyclic) bond motifs is 1. The fraction of sp³-hybridized carbons (Fsp3) is 0.333. The van der Waals surface area contributed by atoms with Gasteiger partial charge in [-0.25, -0.2) is 4.68 Å². The molecule has 0 radical (unpaired) electrons. The zero-order valence-electron chi connectivity index (χ0n) is 15.2. The van der Waals surface area contributed by atoms with Crippen LogP contribution in [0.2, 0.25) is 0 Å². The molecule has 2 aromatic carbocycles. The molecule has 1 unspecified atom stereocenters. The van der Waals surface area contributed by atoms with Gasteiger partial charge >= 0.3 is 0 Å². The molecule has 0 spiro atoms. The molecule has 0 amide bonds. The first kappa shape index (κ1) is 17.2. The molecule has 1 aromatic heterocycles. The molecule has 4 nitrogen and oxygen atoms in total. The van der Waals surface area contributed by atoms with Crippen molar-refractivity contribution in [2.24, 2.45) is 0 Å². The van der Waals surface area contributed by atoms with Gasteiger partial charge < -0.3 is 4.74 Å². The molecule has 0 fully saturated rings. The summed E-state index contributed by atoms with van der Waals surface area (Å²) in [5.74, 6) is 0.932. The van der Waals surface area contributed by atoms with Gasteiger partial charge in [0.05, 0.1) is 5.69 Å². The number of hydrogen-bond acceptors (Lipinski definition) is 3. The maximum atomic E-state index is 12.6. The van der Waals surface area contributed by atoms with E-state index >= 15 is 0 Å². The Balaban J connectivity index is 1.76. The molecule has 0 bridgehead atoms. The number of carbonyl (C=O) groups excluding carboxylic acids is 1. The van der Waals surface area contributed by atoms with Crippen LogP contribution in [-0.2, 0) is 0 Å². The van der Waals surface area contributed by atoms with Gasteiger partial charge in [0.1, 0.15) is 5.75 Å². The van der Waals surface area contributed by atoms with Gasteiger partial charge in [-0.3, -0.25) is 4.79 Å². The van der Waals surface area contributed by atoms with E-state index in [4.69, 9.17) is 4.74 Å². The van der Waals surface area contributed by atoms with Gasteiger partial charge in [-0.1, -0.05) is 44.2 Å². The van der Waals surface area contributed by atoms with E-state index in [9.17, 15) is 4.79 Å². The molecule has 0 aliphatic heterocycles. The van der Waals surface area contributed by atoms with E-state index in [1.54, 1.807) is 0 Å². The molecule has 0 aliphatic rings. The summed E-state index contributed by atoms with van der Waals surface area (Å²) in [4.78, 5) is 12.6. The van der Waals surface area contributed by atoms with E-state index in [-0.39, 0.29) is 12.5 Å². The molecular formula is C21H24N2O2. The van der Waals surface area contributed by atoms with Gasteiger partial charge in [0.2, 0.25) is 0 Å². The summed E-state index contributed by atoms with van der Waals surface area (Å²) in [5.41, 5.74) is 3.01. The Kier molecular flexibility index (Phi) is 4.88. The molecule has 1 heterocycles. The van der Waals surface area contributed by atoms with Crippen molar-refractivity contribution in [1.82, 2.24) is 9.78 Å². The number of carbonyl (C=O) groups is 1.